The summed E-state index contributed by atoms with van der Waals surface area (Å²) in [6, 6.07) is 4.56. The highest BCUT2D eigenvalue weighted by atomic mass is 35.5. The average molecular weight is 470 g/mol. The van der Waals surface area contributed by atoms with Gasteiger partial charge in [-0.3, -0.25) is 9.69 Å². The van der Waals surface area contributed by atoms with Crippen LogP contribution in [-0.2, 0) is 11.0 Å². The number of halogens is 5. The van der Waals surface area contributed by atoms with E-state index in [-0.39, 0.29) is 36.1 Å². The molecule has 1 N–H and O–H groups in total. The van der Waals surface area contributed by atoms with Crippen LogP contribution in [0.2, 0.25) is 0 Å². The molecule has 9 heteroatoms. The fraction of sp³-hybridized carbons (Fsp3) is 0.667. The van der Waals surface area contributed by atoms with Crippen LogP contribution in [0.5, 0.6) is 0 Å². The van der Waals surface area contributed by atoms with E-state index in [1.54, 1.807) is 6.07 Å². The number of hydrogen-bond acceptors (Lipinski definition) is 3. The summed E-state index contributed by atoms with van der Waals surface area (Å²) < 4.78 is 39.6. The summed E-state index contributed by atoms with van der Waals surface area (Å²) in [5, 5.41) is 3.41. The molecule has 0 aliphatic carbocycles. The van der Waals surface area contributed by atoms with Gasteiger partial charge in [0.25, 0.3) is 0 Å². The smallest absolute Gasteiger partial charge is 0.341 e. The Balaban J connectivity index is 0.00000225. The number of nitrogens with one attached hydrogen (secondary N) is 1. The summed E-state index contributed by atoms with van der Waals surface area (Å²) in [5.74, 6) is -0.0798. The highest BCUT2D eigenvalue weighted by Gasteiger charge is 2.40. The third-order valence-electron chi connectivity index (χ3n) is 6.41. The van der Waals surface area contributed by atoms with Gasteiger partial charge in [0.15, 0.2) is 0 Å². The van der Waals surface area contributed by atoms with E-state index in [0.29, 0.717) is 31.7 Å². The Morgan fingerprint density at radius 2 is 1.80 bits per heavy atom. The molecule has 2 aliphatic heterocycles. The lowest BCUT2D eigenvalue weighted by Gasteiger charge is -2.41. The third kappa shape index (κ3) is 5.81. The lowest BCUT2D eigenvalue weighted by Crippen LogP contribution is -2.48. The Bertz CT molecular complexity index is 682. The van der Waals surface area contributed by atoms with Crippen LogP contribution in [0.25, 0.3) is 0 Å². The van der Waals surface area contributed by atoms with Crippen molar-refractivity contribution >= 4 is 30.7 Å². The fourth-order valence-electron chi connectivity index (χ4n) is 4.58. The van der Waals surface area contributed by atoms with Crippen LogP contribution in [0.3, 0.4) is 0 Å². The monoisotopic (exact) mass is 469 g/mol. The maximum absolute atomic E-state index is 13.4. The third-order valence-corrected chi connectivity index (χ3v) is 6.41. The molecule has 2 aliphatic rings. The number of likely N-dealkylation sites (tertiary alicyclic amines) is 1. The Morgan fingerprint density at radius 1 is 1.17 bits per heavy atom. The molecule has 1 aromatic rings. The van der Waals surface area contributed by atoms with E-state index in [4.69, 9.17) is 0 Å². The molecular weight excluding hydrogens is 438 g/mol. The molecule has 4 nitrogen and oxygen atoms in total. The number of amides is 1. The number of rotatable bonds is 5. The summed E-state index contributed by atoms with van der Waals surface area (Å²) in [6.07, 6.45) is -1.36. The quantitative estimate of drug-likeness (QED) is 0.687. The average Bonchev–Trinajstić information content (AvgIpc) is 3.13. The van der Waals surface area contributed by atoms with Crippen molar-refractivity contribution in [3.8, 4) is 0 Å². The van der Waals surface area contributed by atoms with Gasteiger partial charge >= 0.3 is 6.18 Å². The van der Waals surface area contributed by atoms with Crippen LogP contribution in [0.1, 0.15) is 50.3 Å². The van der Waals surface area contributed by atoms with Gasteiger partial charge in [0.1, 0.15) is 6.04 Å². The molecule has 1 spiro atoms. The van der Waals surface area contributed by atoms with Crippen LogP contribution in [0, 0.1) is 5.41 Å². The lowest BCUT2D eigenvalue weighted by molar-refractivity contribution is -0.140. The maximum Gasteiger partial charge on any atom is 0.416 e. The van der Waals surface area contributed by atoms with Crippen LogP contribution >= 0.6 is 24.8 Å². The van der Waals surface area contributed by atoms with Crippen LogP contribution < -0.4 is 5.32 Å². The molecular formula is C21H32Cl2F3N3O. The van der Waals surface area contributed by atoms with E-state index in [2.05, 4.69) is 5.32 Å². The normalized spacial score (nSPS) is 19.3. The first-order valence-electron chi connectivity index (χ1n) is 10.2. The van der Waals surface area contributed by atoms with Crippen LogP contribution in [-0.4, -0.2) is 55.0 Å². The van der Waals surface area contributed by atoms with Crippen molar-refractivity contribution in [3.63, 3.8) is 0 Å². The van der Waals surface area contributed by atoms with Crippen molar-refractivity contribution in [1.29, 1.82) is 0 Å². The summed E-state index contributed by atoms with van der Waals surface area (Å²) in [4.78, 5) is 17.2. The van der Waals surface area contributed by atoms with Gasteiger partial charge in [-0.25, -0.2) is 0 Å². The van der Waals surface area contributed by atoms with Crippen molar-refractivity contribution in [2.24, 2.45) is 5.41 Å². The van der Waals surface area contributed by atoms with Gasteiger partial charge in [0.05, 0.1) is 5.56 Å². The summed E-state index contributed by atoms with van der Waals surface area (Å²) >= 11 is 0. The van der Waals surface area contributed by atoms with Crippen molar-refractivity contribution < 1.29 is 18.0 Å². The van der Waals surface area contributed by atoms with Crippen molar-refractivity contribution in [2.45, 2.75) is 45.3 Å². The minimum absolute atomic E-state index is 0. The van der Waals surface area contributed by atoms with Crippen molar-refractivity contribution in [1.82, 2.24) is 15.1 Å². The van der Waals surface area contributed by atoms with Gasteiger partial charge < -0.3 is 10.2 Å². The molecule has 2 saturated heterocycles. The number of nitrogens with zero attached hydrogens (tertiary/aromatic N) is 2. The second-order valence-electron chi connectivity index (χ2n) is 8.00. The molecule has 0 bridgehead atoms. The van der Waals surface area contributed by atoms with Gasteiger partial charge in [-0.2, -0.15) is 13.2 Å². The van der Waals surface area contributed by atoms with E-state index in [1.165, 1.54) is 6.07 Å². The first-order chi connectivity index (χ1) is 13.3. The molecule has 2 heterocycles. The van der Waals surface area contributed by atoms with Gasteiger partial charge in [-0.1, -0.05) is 26.0 Å². The number of piperidine rings is 1. The molecule has 3 rings (SSSR count). The van der Waals surface area contributed by atoms with E-state index < -0.39 is 17.8 Å². The lowest BCUT2D eigenvalue weighted by atomic mass is 9.77. The Morgan fingerprint density at radius 3 is 2.30 bits per heavy atom. The number of carbonyl (C=O) groups is 1. The minimum Gasteiger partial charge on any atom is -0.341 e. The largest absolute Gasteiger partial charge is 0.416 e. The highest BCUT2D eigenvalue weighted by molar-refractivity contribution is 5.85. The Kier molecular flexibility index (Phi) is 9.93. The maximum atomic E-state index is 13.4. The SMILES string of the molecule is CCN(CC)C(C(=O)N1CCC2(CCNC2)CC1)c1cccc(C(F)(F)F)c1.Cl.Cl. The molecule has 1 aromatic carbocycles. The molecule has 1 unspecified atom stereocenters. The molecule has 0 radical (unpaired) electrons. The second-order valence-corrected chi connectivity index (χ2v) is 8.00. The zero-order valence-corrected chi connectivity index (χ0v) is 19.1. The zero-order valence-electron chi connectivity index (χ0n) is 17.5. The molecule has 30 heavy (non-hydrogen) atoms. The van der Waals surface area contributed by atoms with Crippen LogP contribution in [0.4, 0.5) is 13.2 Å². The minimum atomic E-state index is -4.42. The molecule has 2 fully saturated rings. The van der Waals surface area contributed by atoms with E-state index >= 15 is 0 Å². The Labute approximate surface area is 189 Å². The van der Waals surface area contributed by atoms with E-state index in [0.717, 1.165) is 44.5 Å². The topological polar surface area (TPSA) is 35.6 Å². The first-order valence-corrected chi connectivity index (χ1v) is 10.2. The van der Waals surface area contributed by atoms with E-state index in [9.17, 15) is 18.0 Å². The van der Waals surface area contributed by atoms with Gasteiger partial charge in [0, 0.05) is 19.6 Å². The van der Waals surface area contributed by atoms with Crippen molar-refractivity contribution in [3.05, 3.63) is 35.4 Å². The van der Waals surface area contributed by atoms with Crippen LogP contribution in [0.15, 0.2) is 24.3 Å². The highest BCUT2D eigenvalue weighted by Crippen LogP contribution is 2.38. The fourth-order valence-corrected chi connectivity index (χ4v) is 4.58. The number of carbonyl (C=O) groups excluding carboxylic acids is 1. The standard InChI is InChI=1S/C21H30F3N3O.2ClH/c1-3-26(4-2)18(16-6-5-7-17(14-16)21(22,23)24)19(28)27-12-9-20(10-13-27)8-11-25-15-20;;/h5-7,14,18,25H,3-4,8-13,15H2,1-2H3;2*1H. The van der Waals surface area contributed by atoms with Gasteiger partial charge in [0.2, 0.25) is 5.91 Å². The molecule has 1 amide bonds. The first kappa shape index (κ1) is 27.0. The summed E-state index contributed by atoms with van der Waals surface area (Å²) in [7, 11) is 0. The molecule has 1 atom stereocenters. The molecule has 172 valence electrons. The number of hydrogen-bond donors (Lipinski definition) is 1. The molecule has 0 aromatic heterocycles. The van der Waals surface area contributed by atoms with Gasteiger partial charge in [-0.15, -0.1) is 24.8 Å². The second kappa shape index (κ2) is 11.0. The number of likely N-dealkylation sites (N-methyl/N-ethyl adjacent to an activating group) is 1. The summed E-state index contributed by atoms with van der Waals surface area (Å²) in [6.45, 7) is 8.46. The summed E-state index contributed by atoms with van der Waals surface area (Å²) in [5.41, 5.74) is 0.00781. The van der Waals surface area contributed by atoms with Gasteiger partial charge in [-0.05, 0) is 62.0 Å². The predicted octanol–water partition coefficient (Wildman–Crippen LogP) is 4.53. The predicted molar refractivity (Wildman–Crippen MR) is 117 cm³/mol. The zero-order chi connectivity index (χ0) is 20.4. The van der Waals surface area contributed by atoms with Crippen molar-refractivity contribution in [2.75, 3.05) is 39.3 Å². The number of benzene rings is 1. The molecule has 0 saturated carbocycles. The Hall–Kier alpha value is -1.02. The number of alkyl halides is 3. The van der Waals surface area contributed by atoms with E-state index in [1.807, 2.05) is 23.6 Å².